The van der Waals surface area contributed by atoms with Gasteiger partial charge in [0, 0.05) is 17.1 Å². The molecular formula is C17H15ClN2O. The van der Waals surface area contributed by atoms with E-state index in [9.17, 15) is 4.79 Å². The second-order valence-electron chi connectivity index (χ2n) is 4.96. The van der Waals surface area contributed by atoms with Crippen LogP contribution in [-0.2, 0) is 4.79 Å². The van der Waals surface area contributed by atoms with Gasteiger partial charge in [0.05, 0.1) is 11.4 Å². The summed E-state index contributed by atoms with van der Waals surface area (Å²) in [5.41, 5.74) is 3.96. The number of fused-ring (bicyclic) bond motifs is 1. The zero-order valence-electron chi connectivity index (χ0n) is 11.9. The normalized spacial score (nSPS) is 15.7. The lowest BCUT2D eigenvalue weighted by Gasteiger charge is -2.12. The van der Waals surface area contributed by atoms with Crippen molar-refractivity contribution in [3.05, 3.63) is 58.6 Å². The van der Waals surface area contributed by atoms with Crippen LogP contribution in [0.25, 0.3) is 0 Å². The van der Waals surface area contributed by atoms with Gasteiger partial charge in [-0.05, 0) is 37.6 Å². The van der Waals surface area contributed by atoms with Crippen molar-refractivity contribution in [3.8, 4) is 0 Å². The molecule has 1 aliphatic rings. The molecule has 0 saturated carbocycles. The molecule has 0 fully saturated rings. The second-order valence-corrected chi connectivity index (χ2v) is 5.37. The van der Waals surface area contributed by atoms with Crippen LogP contribution in [0.4, 0.5) is 11.4 Å². The smallest absolute Gasteiger partial charge is 0.277 e. The molecule has 3 rings (SSSR count). The number of carbonyl (C=O) groups is 1. The number of benzene rings is 2. The molecule has 0 aliphatic carbocycles. The predicted octanol–water partition coefficient (Wildman–Crippen LogP) is 4.14. The topological polar surface area (TPSA) is 32.7 Å². The van der Waals surface area contributed by atoms with Crippen LogP contribution < -0.4 is 4.90 Å². The first-order chi connectivity index (χ1) is 10.1. The molecule has 106 valence electrons. The zero-order chi connectivity index (χ0) is 15.0. The van der Waals surface area contributed by atoms with E-state index in [0.29, 0.717) is 23.0 Å². The van der Waals surface area contributed by atoms with Gasteiger partial charge in [0.15, 0.2) is 0 Å². The average molecular weight is 299 g/mol. The number of likely N-dealkylation sites (N-methyl/N-ethyl adjacent to an activating group) is 1. The van der Waals surface area contributed by atoms with Crippen molar-refractivity contribution in [1.29, 1.82) is 0 Å². The second kappa shape index (κ2) is 5.34. The first-order valence-corrected chi connectivity index (χ1v) is 7.25. The first kappa shape index (κ1) is 13.8. The van der Waals surface area contributed by atoms with Crippen molar-refractivity contribution < 1.29 is 4.79 Å². The third kappa shape index (κ3) is 2.34. The summed E-state index contributed by atoms with van der Waals surface area (Å²) in [6.07, 6.45) is 0. The Labute approximate surface area is 128 Å². The number of aryl methyl sites for hydroxylation is 1. The van der Waals surface area contributed by atoms with Crippen molar-refractivity contribution in [2.75, 3.05) is 11.4 Å². The maximum Gasteiger partial charge on any atom is 0.277 e. The van der Waals surface area contributed by atoms with Gasteiger partial charge >= 0.3 is 0 Å². The molecule has 0 spiro atoms. The van der Waals surface area contributed by atoms with Crippen LogP contribution in [-0.4, -0.2) is 18.2 Å². The van der Waals surface area contributed by atoms with E-state index in [0.717, 1.165) is 16.8 Å². The van der Waals surface area contributed by atoms with Crippen LogP contribution in [0.5, 0.6) is 0 Å². The minimum Gasteiger partial charge on any atom is -0.307 e. The van der Waals surface area contributed by atoms with E-state index in [1.54, 1.807) is 11.0 Å². The van der Waals surface area contributed by atoms with Crippen LogP contribution in [0.1, 0.15) is 18.1 Å². The quantitative estimate of drug-likeness (QED) is 0.820. The molecule has 0 unspecified atom stereocenters. The number of anilines is 1. The maximum absolute atomic E-state index is 12.5. The number of hydrogen-bond donors (Lipinski definition) is 0. The summed E-state index contributed by atoms with van der Waals surface area (Å²) >= 11 is 6.13. The third-order valence-electron chi connectivity index (χ3n) is 3.61. The number of hydrogen-bond acceptors (Lipinski definition) is 2. The van der Waals surface area contributed by atoms with E-state index in [2.05, 4.69) is 4.99 Å². The summed E-state index contributed by atoms with van der Waals surface area (Å²) in [6.45, 7) is 4.53. The summed E-state index contributed by atoms with van der Waals surface area (Å²) in [5.74, 6) is -0.0598. The average Bonchev–Trinajstić information content (AvgIpc) is 2.75. The number of amides is 1. The zero-order valence-corrected chi connectivity index (χ0v) is 12.7. The molecule has 0 aromatic heterocycles. The van der Waals surface area contributed by atoms with Crippen LogP contribution >= 0.6 is 11.6 Å². The number of halogens is 1. The van der Waals surface area contributed by atoms with Gasteiger partial charge in [-0.15, -0.1) is 0 Å². The van der Waals surface area contributed by atoms with E-state index in [1.807, 2.05) is 50.2 Å². The molecule has 1 heterocycles. The number of para-hydroxylation sites is 1. The summed E-state index contributed by atoms with van der Waals surface area (Å²) in [7, 11) is 0. The Balaban J connectivity index is 2.11. The van der Waals surface area contributed by atoms with Gasteiger partial charge in [-0.1, -0.05) is 35.9 Å². The highest BCUT2D eigenvalue weighted by Gasteiger charge is 2.32. The highest BCUT2D eigenvalue weighted by Crippen LogP contribution is 2.31. The Morgan fingerprint density at radius 3 is 2.67 bits per heavy atom. The van der Waals surface area contributed by atoms with Crippen LogP contribution in [0.3, 0.4) is 0 Å². The molecule has 0 radical (unpaired) electrons. The number of nitrogens with zero attached hydrogens (tertiary/aromatic N) is 2. The first-order valence-electron chi connectivity index (χ1n) is 6.88. The molecule has 3 nitrogen and oxygen atoms in total. The van der Waals surface area contributed by atoms with Crippen molar-refractivity contribution in [2.24, 2.45) is 4.99 Å². The lowest BCUT2D eigenvalue weighted by atomic mass is 10.1. The maximum atomic E-state index is 12.5. The van der Waals surface area contributed by atoms with Crippen LogP contribution in [0, 0.1) is 6.92 Å². The fourth-order valence-electron chi connectivity index (χ4n) is 2.46. The van der Waals surface area contributed by atoms with Crippen LogP contribution in [0.2, 0.25) is 5.02 Å². The van der Waals surface area contributed by atoms with Gasteiger partial charge in [-0.2, -0.15) is 0 Å². The lowest BCUT2D eigenvalue weighted by molar-refractivity contribution is -0.112. The molecule has 0 N–H and O–H groups in total. The molecule has 2 aromatic carbocycles. The van der Waals surface area contributed by atoms with Crippen molar-refractivity contribution in [3.63, 3.8) is 0 Å². The molecule has 1 amide bonds. The van der Waals surface area contributed by atoms with Gasteiger partial charge in [0.1, 0.15) is 5.71 Å². The van der Waals surface area contributed by atoms with E-state index in [4.69, 9.17) is 11.6 Å². The monoisotopic (exact) mass is 298 g/mol. The highest BCUT2D eigenvalue weighted by molar-refractivity contribution is 6.54. The van der Waals surface area contributed by atoms with Gasteiger partial charge in [0.25, 0.3) is 5.91 Å². The fraction of sp³-hybridized carbons (Fsp3) is 0.176. The molecular weight excluding hydrogens is 284 g/mol. The molecule has 0 bridgehead atoms. The fourth-order valence-corrected chi connectivity index (χ4v) is 2.64. The predicted molar refractivity (Wildman–Crippen MR) is 86.9 cm³/mol. The Kier molecular flexibility index (Phi) is 3.52. The Morgan fingerprint density at radius 1 is 1.19 bits per heavy atom. The minimum absolute atomic E-state index is 0.0598. The van der Waals surface area contributed by atoms with Gasteiger partial charge in [-0.25, -0.2) is 4.99 Å². The van der Waals surface area contributed by atoms with Crippen molar-refractivity contribution in [2.45, 2.75) is 13.8 Å². The molecule has 4 heteroatoms. The standard InChI is InChI=1S/C17H15ClN2O/c1-3-20-15-7-5-4-6-13(15)16(17(20)21)19-12-9-8-11(2)14(18)10-12/h4-10H,3H2,1-2H3. The molecule has 2 aromatic rings. The molecule has 1 aliphatic heterocycles. The van der Waals surface area contributed by atoms with E-state index in [-0.39, 0.29) is 5.91 Å². The Bertz CT molecular complexity index is 752. The van der Waals surface area contributed by atoms with Gasteiger partial charge in [-0.3, -0.25) is 4.79 Å². The van der Waals surface area contributed by atoms with Gasteiger partial charge in [0.2, 0.25) is 0 Å². The van der Waals surface area contributed by atoms with Crippen molar-refractivity contribution >= 4 is 34.6 Å². The number of carbonyl (C=O) groups excluding carboxylic acids is 1. The highest BCUT2D eigenvalue weighted by atomic mass is 35.5. The van der Waals surface area contributed by atoms with Crippen LogP contribution in [0.15, 0.2) is 47.5 Å². The minimum atomic E-state index is -0.0598. The number of rotatable bonds is 2. The largest absolute Gasteiger partial charge is 0.307 e. The third-order valence-corrected chi connectivity index (χ3v) is 4.02. The summed E-state index contributed by atoms with van der Waals surface area (Å²) in [6, 6.07) is 13.3. The molecule has 0 saturated heterocycles. The Morgan fingerprint density at radius 2 is 1.95 bits per heavy atom. The lowest BCUT2D eigenvalue weighted by Crippen LogP contribution is -2.29. The van der Waals surface area contributed by atoms with E-state index < -0.39 is 0 Å². The SMILES string of the molecule is CCN1C(=O)C(=Nc2ccc(C)c(Cl)c2)c2ccccc21. The molecule has 21 heavy (non-hydrogen) atoms. The van der Waals surface area contributed by atoms with Gasteiger partial charge < -0.3 is 4.90 Å². The van der Waals surface area contributed by atoms with E-state index in [1.165, 1.54) is 0 Å². The summed E-state index contributed by atoms with van der Waals surface area (Å²) in [5, 5.41) is 0.655. The number of aliphatic imine (C=N–C) groups is 1. The summed E-state index contributed by atoms with van der Waals surface area (Å²) in [4.78, 5) is 18.8. The summed E-state index contributed by atoms with van der Waals surface area (Å²) < 4.78 is 0. The molecule has 0 atom stereocenters. The Hall–Kier alpha value is -2.13. The van der Waals surface area contributed by atoms with Crippen molar-refractivity contribution in [1.82, 2.24) is 0 Å². The van der Waals surface area contributed by atoms with E-state index >= 15 is 0 Å².